The number of fused-ring (bicyclic) bond motifs is 3. The molecule has 0 fully saturated rings. The first-order valence-electron chi connectivity index (χ1n) is 15.3. The highest BCUT2D eigenvalue weighted by Crippen LogP contribution is 2.38. The topological polar surface area (TPSA) is 40.6 Å². The van der Waals surface area contributed by atoms with E-state index in [1.54, 1.807) is 0 Å². The van der Waals surface area contributed by atoms with Crippen molar-refractivity contribution in [1.82, 2.24) is 23.9 Å². The number of para-hydroxylation sites is 1. The lowest BCUT2D eigenvalue weighted by Gasteiger charge is -2.11. The van der Waals surface area contributed by atoms with Gasteiger partial charge in [0.05, 0.1) is 16.7 Å². The monoisotopic (exact) mass is 583 g/mol. The van der Waals surface area contributed by atoms with Gasteiger partial charge in [0.1, 0.15) is 11.5 Å². The molecule has 0 bridgehead atoms. The van der Waals surface area contributed by atoms with Crippen molar-refractivity contribution in [2.75, 3.05) is 0 Å². The molecule has 0 unspecified atom stereocenters. The van der Waals surface area contributed by atoms with Crippen molar-refractivity contribution < 1.29 is 0 Å². The maximum Gasteiger partial charge on any atom is 0.139 e. The summed E-state index contributed by atoms with van der Waals surface area (Å²) >= 11 is 0. The second-order valence-corrected chi connectivity index (χ2v) is 11.9. The number of nitrogens with zero attached hydrogens (tertiary/aromatic N) is 5. The molecule has 0 spiro atoms. The average Bonchev–Trinajstić information content (AvgIpc) is 3.76. The van der Waals surface area contributed by atoms with Crippen LogP contribution in [0.2, 0.25) is 0 Å². The minimum absolute atomic E-state index is 0.942. The number of imidazole rings is 1. The standard InChI is InChI=1S/C40H33N5/c1-26-21-27(2)38(28(3)22-26)35-25-44(42-39(35)29-11-6-5-7-12-29)31-17-18-34-33-15-8-9-16-36(33)45(37(34)24-31)32-14-10-13-30(23-32)40-41-19-20-43(40)4/h5-25H,1-4H3. The molecule has 0 aliphatic rings. The summed E-state index contributed by atoms with van der Waals surface area (Å²) in [6.07, 6.45) is 6.02. The fourth-order valence-corrected chi connectivity index (χ4v) is 6.91. The van der Waals surface area contributed by atoms with Gasteiger partial charge in [-0.1, -0.05) is 84.4 Å². The Bertz CT molecular complexity index is 2340. The fraction of sp³-hybridized carbons (Fsp3) is 0.100. The molecule has 0 radical (unpaired) electrons. The molecule has 5 aromatic carbocycles. The molecule has 3 heterocycles. The summed E-state index contributed by atoms with van der Waals surface area (Å²) in [4.78, 5) is 4.61. The first-order valence-corrected chi connectivity index (χ1v) is 15.3. The number of hydrogen-bond acceptors (Lipinski definition) is 2. The van der Waals surface area contributed by atoms with Crippen LogP contribution in [0.25, 0.3) is 67.0 Å². The maximum absolute atomic E-state index is 5.25. The smallest absolute Gasteiger partial charge is 0.139 e. The molecule has 5 heteroatoms. The summed E-state index contributed by atoms with van der Waals surface area (Å²) in [6, 6.07) is 39.0. The van der Waals surface area contributed by atoms with Gasteiger partial charge in [-0.05, 0) is 67.8 Å². The SMILES string of the molecule is Cc1cc(C)c(-c2cn(-c3ccc4c5ccccc5n(-c5cccc(-c6nccn6C)c5)c4c3)nc2-c2ccccc2)c(C)c1. The van der Waals surface area contributed by atoms with E-state index in [4.69, 9.17) is 5.10 Å². The van der Waals surface area contributed by atoms with Crippen LogP contribution in [0.3, 0.4) is 0 Å². The van der Waals surface area contributed by atoms with E-state index in [0.717, 1.165) is 45.1 Å². The molecule has 45 heavy (non-hydrogen) atoms. The van der Waals surface area contributed by atoms with Gasteiger partial charge in [-0.3, -0.25) is 0 Å². The predicted molar refractivity (Wildman–Crippen MR) is 185 cm³/mol. The number of aryl methyl sites for hydroxylation is 4. The molecule has 5 nitrogen and oxygen atoms in total. The van der Waals surface area contributed by atoms with Crippen LogP contribution in [0.15, 0.2) is 128 Å². The van der Waals surface area contributed by atoms with Gasteiger partial charge >= 0.3 is 0 Å². The molecule has 0 N–H and O–H groups in total. The van der Waals surface area contributed by atoms with Gasteiger partial charge in [0.15, 0.2) is 0 Å². The molecular formula is C40H33N5. The minimum Gasteiger partial charge on any atom is -0.334 e. The molecule has 0 saturated heterocycles. The van der Waals surface area contributed by atoms with Gasteiger partial charge in [0, 0.05) is 58.8 Å². The van der Waals surface area contributed by atoms with E-state index >= 15 is 0 Å². The van der Waals surface area contributed by atoms with Gasteiger partial charge in [-0.15, -0.1) is 0 Å². The van der Waals surface area contributed by atoms with E-state index in [-0.39, 0.29) is 0 Å². The Morgan fingerprint density at radius 1 is 0.622 bits per heavy atom. The number of benzene rings is 5. The summed E-state index contributed by atoms with van der Waals surface area (Å²) in [5.41, 5.74) is 13.7. The average molecular weight is 584 g/mol. The lowest BCUT2D eigenvalue weighted by atomic mass is 9.92. The van der Waals surface area contributed by atoms with Crippen LogP contribution in [0.1, 0.15) is 16.7 Å². The largest absolute Gasteiger partial charge is 0.334 e. The van der Waals surface area contributed by atoms with E-state index in [1.807, 2.05) is 24.1 Å². The minimum atomic E-state index is 0.942. The van der Waals surface area contributed by atoms with Gasteiger partial charge in [0.25, 0.3) is 0 Å². The Morgan fingerprint density at radius 2 is 1.36 bits per heavy atom. The summed E-state index contributed by atoms with van der Waals surface area (Å²) < 4.78 is 6.46. The lowest BCUT2D eigenvalue weighted by molar-refractivity contribution is 0.885. The van der Waals surface area contributed by atoms with E-state index in [9.17, 15) is 0 Å². The number of aromatic nitrogens is 5. The second-order valence-electron chi connectivity index (χ2n) is 11.9. The zero-order valence-electron chi connectivity index (χ0n) is 25.9. The quantitative estimate of drug-likeness (QED) is 0.202. The number of rotatable bonds is 5. The van der Waals surface area contributed by atoms with E-state index in [2.05, 4.69) is 150 Å². The van der Waals surface area contributed by atoms with Crippen molar-refractivity contribution >= 4 is 21.8 Å². The second kappa shape index (κ2) is 10.5. The molecule has 8 rings (SSSR count). The Kier molecular flexibility index (Phi) is 6.27. The van der Waals surface area contributed by atoms with E-state index in [0.29, 0.717) is 0 Å². The van der Waals surface area contributed by atoms with Gasteiger partial charge < -0.3 is 9.13 Å². The van der Waals surface area contributed by atoms with Crippen LogP contribution in [-0.4, -0.2) is 23.9 Å². The predicted octanol–water partition coefficient (Wildman–Crippen LogP) is 9.63. The van der Waals surface area contributed by atoms with Crippen LogP contribution < -0.4 is 0 Å². The first kappa shape index (κ1) is 26.9. The first-order chi connectivity index (χ1) is 22.0. The van der Waals surface area contributed by atoms with Crippen molar-refractivity contribution in [3.05, 3.63) is 144 Å². The van der Waals surface area contributed by atoms with E-state index < -0.39 is 0 Å². The van der Waals surface area contributed by atoms with Crippen LogP contribution in [-0.2, 0) is 7.05 Å². The van der Waals surface area contributed by atoms with Gasteiger partial charge in [-0.25, -0.2) is 9.67 Å². The highest BCUT2D eigenvalue weighted by molar-refractivity contribution is 6.09. The summed E-state index contributed by atoms with van der Waals surface area (Å²) in [5.74, 6) is 0.942. The van der Waals surface area contributed by atoms with Crippen LogP contribution in [0.5, 0.6) is 0 Å². The Labute approximate surface area is 262 Å². The lowest BCUT2D eigenvalue weighted by Crippen LogP contribution is -1.98. The van der Waals surface area contributed by atoms with Gasteiger partial charge in [-0.2, -0.15) is 5.10 Å². The fourth-order valence-electron chi connectivity index (χ4n) is 6.91. The van der Waals surface area contributed by atoms with Crippen molar-refractivity contribution in [3.8, 4) is 45.1 Å². The number of hydrogen-bond donors (Lipinski definition) is 0. The summed E-state index contributed by atoms with van der Waals surface area (Å²) in [5, 5.41) is 7.68. The molecule has 0 amide bonds. The molecule has 218 valence electrons. The molecular weight excluding hydrogens is 550 g/mol. The van der Waals surface area contributed by atoms with Gasteiger partial charge in [0.2, 0.25) is 0 Å². The highest BCUT2D eigenvalue weighted by atomic mass is 15.3. The third-order valence-corrected chi connectivity index (χ3v) is 8.81. The molecule has 0 aliphatic heterocycles. The van der Waals surface area contributed by atoms with Crippen LogP contribution >= 0.6 is 0 Å². The van der Waals surface area contributed by atoms with Crippen LogP contribution in [0.4, 0.5) is 0 Å². The van der Waals surface area contributed by atoms with Crippen LogP contribution in [0, 0.1) is 20.8 Å². The third kappa shape index (κ3) is 4.47. The van der Waals surface area contributed by atoms with E-state index in [1.165, 1.54) is 38.5 Å². The Morgan fingerprint density at radius 3 is 2.13 bits per heavy atom. The van der Waals surface area contributed by atoms with Crippen molar-refractivity contribution in [2.24, 2.45) is 7.05 Å². The molecule has 0 atom stereocenters. The maximum atomic E-state index is 5.25. The summed E-state index contributed by atoms with van der Waals surface area (Å²) in [7, 11) is 2.03. The molecule has 8 aromatic rings. The molecule has 0 aliphatic carbocycles. The molecule has 0 saturated carbocycles. The zero-order valence-corrected chi connectivity index (χ0v) is 25.9. The molecule has 3 aromatic heterocycles. The zero-order chi connectivity index (χ0) is 30.7. The van der Waals surface area contributed by atoms with Crippen molar-refractivity contribution in [1.29, 1.82) is 0 Å². The van der Waals surface area contributed by atoms with Crippen molar-refractivity contribution in [3.63, 3.8) is 0 Å². The highest BCUT2D eigenvalue weighted by Gasteiger charge is 2.19. The Hall–Kier alpha value is -5.68. The normalized spacial score (nSPS) is 11.6. The summed E-state index contributed by atoms with van der Waals surface area (Å²) in [6.45, 7) is 6.56. The Balaban J connectivity index is 1.35. The third-order valence-electron chi connectivity index (χ3n) is 8.81. The van der Waals surface area contributed by atoms with Crippen molar-refractivity contribution in [2.45, 2.75) is 20.8 Å².